The number of benzene rings is 1. The maximum atomic E-state index is 11.4. The summed E-state index contributed by atoms with van der Waals surface area (Å²) in [6.07, 6.45) is 3.94. The van der Waals surface area contributed by atoms with Crippen LogP contribution in [-0.4, -0.2) is 15.6 Å². The predicted molar refractivity (Wildman–Crippen MR) is 65.9 cm³/mol. The Kier molecular flexibility index (Phi) is 1.84. The van der Waals surface area contributed by atoms with E-state index in [9.17, 15) is 9.90 Å². The van der Waals surface area contributed by atoms with Crippen LogP contribution in [0.1, 0.15) is 21.6 Å². The molecule has 1 aliphatic rings. The standard InChI is InChI=1S/C13H12N2O2/c1-7-4-5-8-3-2-6-15-10(8)9(7)12(16)11(15)13(14)17/h2-5,16H,6H2,1H3,(H2,14,17). The van der Waals surface area contributed by atoms with Gasteiger partial charge in [0.05, 0.1) is 5.52 Å². The van der Waals surface area contributed by atoms with Crippen LogP contribution in [0.5, 0.6) is 5.75 Å². The second-order valence-electron chi connectivity index (χ2n) is 4.27. The number of rotatable bonds is 1. The van der Waals surface area contributed by atoms with Gasteiger partial charge in [0.25, 0.3) is 5.91 Å². The lowest BCUT2D eigenvalue weighted by molar-refractivity contribution is 0.0989. The first kappa shape index (κ1) is 9.96. The van der Waals surface area contributed by atoms with Crippen LogP contribution in [0.3, 0.4) is 0 Å². The highest BCUT2D eigenvalue weighted by atomic mass is 16.3. The van der Waals surface area contributed by atoms with Crippen molar-refractivity contribution in [2.24, 2.45) is 5.73 Å². The van der Waals surface area contributed by atoms with E-state index in [1.807, 2.05) is 31.2 Å². The van der Waals surface area contributed by atoms with Crippen LogP contribution in [0.4, 0.5) is 0 Å². The SMILES string of the molecule is Cc1ccc2c3c1c(O)c(C(N)=O)n3CC=C2. The number of hydrogen-bond acceptors (Lipinski definition) is 2. The Morgan fingerprint density at radius 2 is 2.24 bits per heavy atom. The summed E-state index contributed by atoms with van der Waals surface area (Å²) in [5.41, 5.74) is 8.36. The Labute approximate surface area is 98.0 Å². The third-order valence-electron chi connectivity index (χ3n) is 3.24. The smallest absolute Gasteiger partial charge is 0.269 e. The van der Waals surface area contributed by atoms with Gasteiger partial charge in [-0.25, -0.2) is 0 Å². The minimum absolute atomic E-state index is 0.00412. The van der Waals surface area contributed by atoms with Crippen molar-refractivity contribution in [3.05, 3.63) is 35.0 Å². The van der Waals surface area contributed by atoms with Gasteiger partial charge >= 0.3 is 0 Å². The van der Waals surface area contributed by atoms with E-state index < -0.39 is 5.91 Å². The van der Waals surface area contributed by atoms with Gasteiger partial charge in [-0.05, 0) is 18.1 Å². The molecule has 1 aromatic heterocycles. The summed E-state index contributed by atoms with van der Waals surface area (Å²) in [6, 6.07) is 3.91. The van der Waals surface area contributed by atoms with E-state index in [2.05, 4.69) is 0 Å². The summed E-state index contributed by atoms with van der Waals surface area (Å²) in [7, 11) is 0. The molecule has 0 unspecified atom stereocenters. The molecule has 0 fully saturated rings. The van der Waals surface area contributed by atoms with Crippen molar-refractivity contribution in [3.63, 3.8) is 0 Å². The van der Waals surface area contributed by atoms with Crippen molar-refractivity contribution in [1.29, 1.82) is 0 Å². The van der Waals surface area contributed by atoms with Gasteiger partial charge in [-0.15, -0.1) is 0 Å². The lowest BCUT2D eigenvalue weighted by Gasteiger charge is -2.12. The van der Waals surface area contributed by atoms with Gasteiger partial charge in [-0.3, -0.25) is 4.79 Å². The monoisotopic (exact) mass is 228 g/mol. The van der Waals surface area contributed by atoms with Gasteiger partial charge < -0.3 is 15.4 Å². The molecule has 4 nitrogen and oxygen atoms in total. The molecule has 2 aromatic rings. The lowest BCUT2D eigenvalue weighted by atomic mass is 10.0. The number of allylic oxidation sites excluding steroid dienone is 1. The van der Waals surface area contributed by atoms with Crippen molar-refractivity contribution < 1.29 is 9.90 Å². The number of primary amides is 1. The molecule has 1 aromatic carbocycles. The van der Waals surface area contributed by atoms with Crippen LogP contribution in [-0.2, 0) is 6.54 Å². The number of carbonyl (C=O) groups is 1. The highest BCUT2D eigenvalue weighted by molar-refractivity contribution is 6.06. The summed E-state index contributed by atoms with van der Waals surface area (Å²) < 4.78 is 1.77. The average molecular weight is 228 g/mol. The number of carbonyl (C=O) groups excluding carboxylic acids is 1. The van der Waals surface area contributed by atoms with Crippen LogP contribution in [0.15, 0.2) is 18.2 Å². The first-order valence-electron chi connectivity index (χ1n) is 5.42. The van der Waals surface area contributed by atoms with E-state index in [1.54, 1.807) is 4.57 Å². The molecule has 0 atom stereocenters. The second kappa shape index (κ2) is 3.13. The summed E-state index contributed by atoms with van der Waals surface area (Å²) in [5, 5.41) is 10.9. The van der Waals surface area contributed by atoms with E-state index >= 15 is 0 Å². The van der Waals surface area contributed by atoms with Crippen LogP contribution in [0.25, 0.3) is 17.0 Å². The van der Waals surface area contributed by atoms with Crippen LogP contribution in [0.2, 0.25) is 0 Å². The van der Waals surface area contributed by atoms with Crippen molar-refractivity contribution >= 4 is 22.9 Å². The zero-order valence-corrected chi connectivity index (χ0v) is 9.40. The molecule has 0 saturated heterocycles. The molecule has 0 saturated carbocycles. The highest BCUT2D eigenvalue weighted by Crippen LogP contribution is 2.38. The highest BCUT2D eigenvalue weighted by Gasteiger charge is 2.24. The molecule has 4 heteroatoms. The molecule has 86 valence electrons. The maximum absolute atomic E-state index is 11.4. The number of aromatic nitrogens is 1. The van der Waals surface area contributed by atoms with Crippen LogP contribution in [0, 0.1) is 6.92 Å². The van der Waals surface area contributed by atoms with Crippen molar-refractivity contribution in [2.45, 2.75) is 13.5 Å². The Morgan fingerprint density at radius 1 is 1.47 bits per heavy atom. The van der Waals surface area contributed by atoms with Crippen molar-refractivity contribution in [3.8, 4) is 5.75 Å². The summed E-state index contributed by atoms with van der Waals surface area (Å²) >= 11 is 0. The van der Waals surface area contributed by atoms with E-state index in [0.717, 1.165) is 22.0 Å². The fourth-order valence-electron chi connectivity index (χ4n) is 2.51. The Hall–Kier alpha value is -2.23. The van der Waals surface area contributed by atoms with E-state index in [4.69, 9.17) is 5.73 Å². The third kappa shape index (κ3) is 1.15. The molecule has 0 spiro atoms. The van der Waals surface area contributed by atoms with Crippen LogP contribution < -0.4 is 5.73 Å². The number of aromatic hydroxyl groups is 1. The first-order chi connectivity index (χ1) is 8.11. The van der Waals surface area contributed by atoms with Gasteiger partial charge in [-0.1, -0.05) is 24.3 Å². The van der Waals surface area contributed by atoms with Crippen molar-refractivity contribution in [1.82, 2.24) is 4.57 Å². The Balaban J connectivity index is 2.57. The van der Waals surface area contributed by atoms with Gasteiger partial charge in [0, 0.05) is 11.9 Å². The van der Waals surface area contributed by atoms with Gasteiger partial charge in [0.1, 0.15) is 0 Å². The largest absolute Gasteiger partial charge is 0.505 e. The molecule has 3 rings (SSSR count). The predicted octanol–water partition coefficient (Wildman–Crippen LogP) is 1.78. The maximum Gasteiger partial charge on any atom is 0.269 e. The molecule has 3 N–H and O–H groups in total. The minimum Gasteiger partial charge on any atom is -0.505 e. The zero-order valence-electron chi connectivity index (χ0n) is 9.40. The van der Waals surface area contributed by atoms with E-state index in [0.29, 0.717) is 6.54 Å². The molecule has 0 aliphatic carbocycles. The molecular weight excluding hydrogens is 216 g/mol. The van der Waals surface area contributed by atoms with Gasteiger partial charge in [0.15, 0.2) is 11.4 Å². The number of amides is 1. The zero-order chi connectivity index (χ0) is 12.2. The molecular formula is C13H12N2O2. The average Bonchev–Trinajstić information content (AvgIpc) is 2.58. The lowest BCUT2D eigenvalue weighted by Crippen LogP contribution is -2.17. The number of aryl methyl sites for hydroxylation is 1. The van der Waals surface area contributed by atoms with Crippen molar-refractivity contribution in [2.75, 3.05) is 0 Å². The molecule has 17 heavy (non-hydrogen) atoms. The summed E-state index contributed by atoms with van der Waals surface area (Å²) in [4.78, 5) is 11.4. The number of hydrogen-bond donors (Lipinski definition) is 2. The van der Waals surface area contributed by atoms with E-state index in [1.165, 1.54) is 0 Å². The molecule has 1 amide bonds. The Morgan fingerprint density at radius 3 is 2.94 bits per heavy atom. The third-order valence-corrected chi connectivity index (χ3v) is 3.24. The first-order valence-corrected chi connectivity index (χ1v) is 5.42. The van der Waals surface area contributed by atoms with E-state index in [-0.39, 0.29) is 11.4 Å². The molecule has 0 bridgehead atoms. The quantitative estimate of drug-likeness (QED) is 0.781. The van der Waals surface area contributed by atoms with Crippen LogP contribution >= 0.6 is 0 Å². The fraction of sp³-hybridized carbons (Fsp3) is 0.154. The number of nitrogens with two attached hydrogens (primary N) is 1. The molecule has 1 aliphatic heterocycles. The second-order valence-corrected chi connectivity index (χ2v) is 4.27. The summed E-state index contributed by atoms with van der Waals surface area (Å²) in [5.74, 6) is -0.602. The fourth-order valence-corrected chi connectivity index (χ4v) is 2.51. The Bertz CT molecular complexity index is 681. The topological polar surface area (TPSA) is 68.2 Å². The normalized spacial score (nSPS) is 13.2. The minimum atomic E-state index is -0.598. The van der Waals surface area contributed by atoms with Gasteiger partial charge in [-0.2, -0.15) is 0 Å². The molecule has 0 radical (unpaired) electrons. The summed E-state index contributed by atoms with van der Waals surface area (Å²) in [6.45, 7) is 2.47. The molecule has 2 heterocycles. The van der Waals surface area contributed by atoms with Gasteiger partial charge in [0.2, 0.25) is 0 Å². The number of nitrogens with zero attached hydrogens (tertiary/aromatic N) is 1.